The molecule has 1 aromatic carbocycles. The van der Waals surface area contributed by atoms with Gasteiger partial charge in [0.05, 0.1) is 7.11 Å². The molecule has 1 saturated heterocycles. The van der Waals surface area contributed by atoms with E-state index >= 15 is 0 Å². The van der Waals surface area contributed by atoms with Crippen LogP contribution in [0.3, 0.4) is 0 Å². The number of ketones is 1. The summed E-state index contributed by atoms with van der Waals surface area (Å²) in [7, 11) is 1.41. The Kier molecular flexibility index (Phi) is 5.49. The third-order valence-corrected chi connectivity index (χ3v) is 4.87. The van der Waals surface area contributed by atoms with Crippen LogP contribution in [0.15, 0.2) is 24.4 Å². The molecular weight excluding hydrogens is 333 g/mol. The van der Waals surface area contributed by atoms with E-state index in [9.17, 15) is 9.18 Å². The number of anilines is 1. The third-order valence-electron chi connectivity index (χ3n) is 4.87. The fourth-order valence-corrected chi connectivity index (χ4v) is 3.45. The van der Waals surface area contributed by atoms with Gasteiger partial charge in [0.15, 0.2) is 17.3 Å². The average Bonchev–Trinajstić information content (AvgIpc) is 2.67. The largest absolute Gasteiger partial charge is 0.494 e. The van der Waals surface area contributed by atoms with Gasteiger partial charge in [-0.15, -0.1) is 0 Å². The molecule has 138 valence electrons. The predicted molar refractivity (Wildman–Crippen MR) is 98.4 cm³/mol. The molecule has 1 unspecified atom stereocenters. The van der Waals surface area contributed by atoms with Gasteiger partial charge in [-0.05, 0) is 44.4 Å². The Balaban J connectivity index is 1.81. The summed E-state index contributed by atoms with van der Waals surface area (Å²) >= 11 is 0. The van der Waals surface area contributed by atoms with E-state index in [-0.39, 0.29) is 17.5 Å². The van der Waals surface area contributed by atoms with Crippen LogP contribution in [0.2, 0.25) is 0 Å². The molecular formula is C20H24FN3O2. The fraction of sp³-hybridized carbons (Fsp3) is 0.450. The molecule has 0 radical (unpaired) electrons. The van der Waals surface area contributed by atoms with Crippen molar-refractivity contribution < 1.29 is 13.9 Å². The van der Waals surface area contributed by atoms with E-state index in [2.05, 4.69) is 21.8 Å². The van der Waals surface area contributed by atoms with Crippen LogP contribution in [-0.2, 0) is 6.42 Å². The summed E-state index contributed by atoms with van der Waals surface area (Å²) < 4.78 is 18.9. The van der Waals surface area contributed by atoms with E-state index in [4.69, 9.17) is 4.74 Å². The number of carbonyl (C=O) groups excluding carboxylic acids is 1. The Morgan fingerprint density at radius 3 is 2.92 bits per heavy atom. The minimum Gasteiger partial charge on any atom is -0.494 e. The van der Waals surface area contributed by atoms with Crippen molar-refractivity contribution in [3.63, 3.8) is 0 Å². The maximum Gasteiger partial charge on any atom is 0.167 e. The number of nitrogens with zero attached hydrogens (tertiary/aromatic N) is 3. The first-order valence-corrected chi connectivity index (χ1v) is 8.98. The first kappa shape index (κ1) is 18.3. The number of halogens is 1. The van der Waals surface area contributed by atoms with Gasteiger partial charge < -0.3 is 9.64 Å². The van der Waals surface area contributed by atoms with Crippen LogP contribution in [0.1, 0.15) is 41.5 Å². The first-order valence-electron chi connectivity index (χ1n) is 8.98. The lowest BCUT2D eigenvalue weighted by Crippen LogP contribution is -2.40. The van der Waals surface area contributed by atoms with Gasteiger partial charge in [-0.2, -0.15) is 0 Å². The van der Waals surface area contributed by atoms with E-state index in [0.29, 0.717) is 12.1 Å². The molecule has 1 atom stereocenters. The minimum atomic E-state index is -0.509. The molecule has 2 heterocycles. The Hall–Kier alpha value is -2.50. The normalized spacial score (nSPS) is 17.2. The SMILES string of the molecule is CCc1cnc(C)nc1N1CCCC(C(=O)c2ccc(OC)c(F)c2)C1. The fourth-order valence-electron chi connectivity index (χ4n) is 3.45. The van der Waals surface area contributed by atoms with Gasteiger partial charge in [0.25, 0.3) is 0 Å². The Labute approximate surface area is 153 Å². The number of ether oxygens (including phenoxy) is 1. The molecule has 0 saturated carbocycles. The second-order valence-corrected chi connectivity index (χ2v) is 6.62. The second-order valence-electron chi connectivity index (χ2n) is 6.62. The quantitative estimate of drug-likeness (QED) is 0.766. The van der Waals surface area contributed by atoms with Gasteiger partial charge in [0.1, 0.15) is 11.6 Å². The third kappa shape index (κ3) is 3.69. The van der Waals surface area contributed by atoms with Crippen molar-refractivity contribution in [2.75, 3.05) is 25.1 Å². The Morgan fingerprint density at radius 1 is 1.42 bits per heavy atom. The number of benzene rings is 1. The zero-order valence-electron chi connectivity index (χ0n) is 15.5. The van der Waals surface area contributed by atoms with Crippen LogP contribution < -0.4 is 9.64 Å². The van der Waals surface area contributed by atoms with Crippen molar-refractivity contribution in [3.8, 4) is 5.75 Å². The topological polar surface area (TPSA) is 55.3 Å². The molecule has 0 amide bonds. The molecule has 0 bridgehead atoms. The summed E-state index contributed by atoms with van der Waals surface area (Å²) in [5, 5.41) is 0. The number of rotatable bonds is 5. The second kappa shape index (κ2) is 7.81. The highest BCUT2D eigenvalue weighted by atomic mass is 19.1. The van der Waals surface area contributed by atoms with Crippen LogP contribution in [-0.4, -0.2) is 36.0 Å². The van der Waals surface area contributed by atoms with E-state index < -0.39 is 5.82 Å². The van der Waals surface area contributed by atoms with Crippen LogP contribution in [0.5, 0.6) is 5.75 Å². The number of Topliss-reactive ketones (excluding diaryl/α,β-unsaturated/α-hetero) is 1. The highest BCUT2D eigenvalue weighted by Gasteiger charge is 2.28. The van der Waals surface area contributed by atoms with Gasteiger partial charge in [0, 0.05) is 36.3 Å². The van der Waals surface area contributed by atoms with Crippen molar-refractivity contribution in [3.05, 3.63) is 47.2 Å². The summed E-state index contributed by atoms with van der Waals surface area (Å²) in [5.74, 6) is 1.08. The lowest BCUT2D eigenvalue weighted by molar-refractivity contribution is 0.0906. The van der Waals surface area contributed by atoms with Crippen LogP contribution in [0.4, 0.5) is 10.2 Å². The summed E-state index contributed by atoms with van der Waals surface area (Å²) in [6.07, 6.45) is 4.41. The van der Waals surface area contributed by atoms with E-state index in [0.717, 1.165) is 43.0 Å². The summed E-state index contributed by atoms with van der Waals surface area (Å²) in [5.41, 5.74) is 1.48. The summed E-state index contributed by atoms with van der Waals surface area (Å²) in [4.78, 5) is 23.9. The smallest absolute Gasteiger partial charge is 0.167 e. The van der Waals surface area contributed by atoms with Crippen molar-refractivity contribution >= 4 is 11.6 Å². The number of piperidine rings is 1. The molecule has 3 rings (SSSR count). The minimum absolute atomic E-state index is 0.0277. The number of hydrogen-bond donors (Lipinski definition) is 0. The first-order chi connectivity index (χ1) is 12.5. The number of carbonyl (C=O) groups is 1. The molecule has 1 aliphatic heterocycles. The van der Waals surface area contributed by atoms with Crippen molar-refractivity contribution in [1.82, 2.24) is 9.97 Å². The van der Waals surface area contributed by atoms with Crippen LogP contribution >= 0.6 is 0 Å². The number of hydrogen-bond acceptors (Lipinski definition) is 5. The standard InChI is InChI=1S/C20H24FN3O2/c1-4-14-11-22-13(2)23-20(14)24-9-5-6-16(12-24)19(25)15-7-8-18(26-3)17(21)10-15/h7-8,10-11,16H,4-6,9,12H2,1-3H3. The van der Waals surface area contributed by atoms with Crippen molar-refractivity contribution in [1.29, 1.82) is 0 Å². The number of aryl methyl sites for hydroxylation is 2. The summed E-state index contributed by atoms with van der Waals surface area (Å²) in [6, 6.07) is 4.41. The van der Waals surface area contributed by atoms with Crippen molar-refractivity contribution in [2.24, 2.45) is 5.92 Å². The van der Waals surface area contributed by atoms with Gasteiger partial charge in [-0.25, -0.2) is 14.4 Å². The predicted octanol–water partition coefficient (Wildman–Crippen LogP) is 3.59. The number of aromatic nitrogens is 2. The van der Waals surface area contributed by atoms with Crippen molar-refractivity contribution in [2.45, 2.75) is 33.1 Å². The molecule has 2 aromatic rings. The molecule has 0 N–H and O–H groups in total. The maximum atomic E-state index is 14.0. The van der Waals surface area contributed by atoms with E-state index in [1.165, 1.54) is 19.2 Å². The highest BCUT2D eigenvalue weighted by Crippen LogP contribution is 2.28. The van der Waals surface area contributed by atoms with E-state index in [1.54, 1.807) is 6.07 Å². The highest BCUT2D eigenvalue weighted by molar-refractivity contribution is 5.98. The molecule has 1 aromatic heterocycles. The zero-order chi connectivity index (χ0) is 18.7. The molecule has 0 spiro atoms. The van der Waals surface area contributed by atoms with Gasteiger partial charge in [-0.1, -0.05) is 6.92 Å². The molecule has 1 fully saturated rings. The lowest BCUT2D eigenvalue weighted by Gasteiger charge is -2.34. The van der Waals surface area contributed by atoms with Gasteiger partial charge >= 0.3 is 0 Å². The maximum absolute atomic E-state index is 14.0. The Bertz CT molecular complexity index is 810. The van der Waals surface area contributed by atoms with Gasteiger partial charge in [-0.3, -0.25) is 4.79 Å². The number of methoxy groups -OCH3 is 1. The molecule has 1 aliphatic rings. The molecule has 5 nitrogen and oxygen atoms in total. The zero-order valence-corrected chi connectivity index (χ0v) is 15.5. The molecule has 26 heavy (non-hydrogen) atoms. The lowest BCUT2D eigenvalue weighted by atomic mass is 9.89. The van der Waals surface area contributed by atoms with Crippen LogP contribution in [0.25, 0.3) is 0 Å². The summed E-state index contributed by atoms with van der Waals surface area (Å²) in [6.45, 7) is 5.40. The average molecular weight is 357 g/mol. The molecule has 6 heteroatoms. The van der Waals surface area contributed by atoms with Crippen LogP contribution in [0, 0.1) is 18.7 Å². The van der Waals surface area contributed by atoms with E-state index in [1.807, 2.05) is 13.1 Å². The Morgan fingerprint density at radius 2 is 2.23 bits per heavy atom. The van der Waals surface area contributed by atoms with Gasteiger partial charge in [0.2, 0.25) is 0 Å². The molecule has 0 aliphatic carbocycles. The monoisotopic (exact) mass is 357 g/mol.